The Bertz CT molecular complexity index is 1240. The summed E-state index contributed by atoms with van der Waals surface area (Å²) in [7, 11) is -2.26. The van der Waals surface area contributed by atoms with Gasteiger partial charge in [-0.1, -0.05) is 0 Å². The van der Waals surface area contributed by atoms with Crippen LogP contribution in [0, 0.1) is 11.3 Å². The van der Waals surface area contributed by atoms with Crippen molar-refractivity contribution in [2.75, 3.05) is 12.4 Å². The van der Waals surface area contributed by atoms with Crippen LogP contribution in [0.1, 0.15) is 5.56 Å². The van der Waals surface area contributed by atoms with E-state index in [4.69, 9.17) is 9.88 Å². The second kappa shape index (κ2) is 8.60. The fourth-order valence-electron chi connectivity index (χ4n) is 2.62. The number of ether oxygens (including phenoxy) is 1. The molecule has 0 radical (unpaired) electrons. The van der Waals surface area contributed by atoms with E-state index in [1.54, 1.807) is 19.2 Å². The minimum Gasteiger partial charge on any atom is -0.497 e. The average molecular weight is 423 g/mol. The van der Waals surface area contributed by atoms with Crippen LogP contribution in [0.15, 0.2) is 65.2 Å². The lowest BCUT2D eigenvalue weighted by molar-refractivity contribution is -0.112. The second-order valence-corrected chi connectivity index (χ2v) is 7.68. The van der Waals surface area contributed by atoms with Crippen molar-refractivity contribution >= 4 is 27.7 Å². The van der Waals surface area contributed by atoms with Gasteiger partial charge >= 0.3 is 0 Å². The monoisotopic (exact) mass is 423 g/mol. The molecular weight excluding hydrogens is 406 g/mol. The Morgan fingerprint density at radius 2 is 1.87 bits per heavy atom. The summed E-state index contributed by atoms with van der Waals surface area (Å²) in [4.78, 5) is 12.4. The Hall–Kier alpha value is -3.94. The van der Waals surface area contributed by atoms with Crippen LogP contribution in [0.2, 0.25) is 0 Å². The van der Waals surface area contributed by atoms with Gasteiger partial charge in [-0.05, 0) is 54.6 Å². The molecule has 1 amide bonds. The van der Waals surface area contributed by atoms with E-state index < -0.39 is 15.9 Å². The highest BCUT2D eigenvalue weighted by Gasteiger charge is 2.14. The number of nitriles is 1. The summed E-state index contributed by atoms with van der Waals surface area (Å²) in [5, 5.41) is 23.9. The zero-order chi connectivity index (χ0) is 21.7. The molecule has 1 aromatic heterocycles. The molecule has 0 atom stereocenters. The number of carbonyl (C=O) groups excluding carboxylic acids is 1. The molecule has 9 nitrogen and oxygen atoms in total. The maximum atomic E-state index is 12.5. The number of carbonyl (C=O) groups is 1. The van der Waals surface area contributed by atoms with Crippen LogP contribution in [0.4, 0.5) is 5.69 Å². The number of anilines is 1. The maximum absolute atomic E-state index is 12.5. The van der Waals surface area contributed by atoms with Crippen molar-refractivity contribution in [2.45, 2.75) is 4.90 Å². The number of rotatable bonds is 6. The SMILES string of the molecule is COc1ccc(-c2[nH]ncc2C=C(C#N)C(=O)Nc2ccc(S(N)(=O)=O)cc2)cc1. The summed E-state index contributed by atoms with van der Waals surface area (Å²) >= 11 is 0. The standard InChI is InChI=1S/C20H17N5O4S/c1-29-17-6-2-13(3-7-17)19-15(12-23-25-19)10-14(11-21)20(26)24-16-4-8-18(9-5-16)30(22,27)28/h2-10,12H,1H3,(H,23,25)(H,24,26)(H2,22,27,28). The number of hydrogen-bond acceptors (Lipinski definition) is 6. The Balaban J connectivity index is 1.83. The number of nitrogens with zero attached hydrogens (tertiary/aromatic N) is 2. The van der Waals surface area contributed by atoms with Gasteiger partial charge in [0.2, 0.25) is 10.0 Å². The molecule has 1 heterocycles. The normalized spacial score (nSPS) is 11.6. The van der Waals surface area contributed by atoms with Crippen molar-refractivity contribution in [3.63, 3.8) is 0 Å². The van der Waals surface area contributed by atoms with Crippen LogP contribution in [0.25, 0.3) is 17.3 Å². The first-order chi connectivity index (χ1) is 14.3. The summed E-state index contributed by atoms with van der Waals surface area (Å²) in [6.45, 7) is 0. The molecule has 0 unspecified atom stereocenters. The van der Waals surface area contributed by atoms with Crippen LogP contribution >= 0.6 is 0 Å². The highest BCUT2D eigenvalue weighted by atomic mass is 32.2. The van der Waals surface area contributed by atoms with Crippen LogP contribution in [-0.4, -0.2) is 31.6 Å². The number of H-pyrrole nitrogens is 1. The molecule has 0 saturated carbocycles. The van der Waals surface area contributed by atoms with Gasteiger partial charge in [0.1, 0.15) is 17.4 Å². The van der Waals surface area contributed by atoms with Gasteiger partial charge in [0, 0.05) is 16.8 Å². The molecule has 0 fully saturated rings. The Morgan fingerprint density at radius 1 is 1.20 bits per heavy atom. The third-order valence-electron chi connectivity index (χ3n) is 4.15. The van der Waals surface area contributed by atoms with Crippen molar-refractivity contribution in [3.8, 4) is 23.1 Å². The van der Waals surface area contributed by atoms with Crippen molar-refractivity contribution in [1.29, 1.82) is 5.26 Å². The quantitative estimate of drug-likeness (QED) is 0.409. The molecule has 152 valence electrons. The second-order valence-electron chi connectivity index (χ2n) is 6.12. The van der Waals surface area contributed by atoms with Crippen LogP contribution in [-0.2, 0) is 14.8 Å². The van der Waals surface area contributed by atoms with Crippen molar-refractivity contribution < 1.29 is 17.9 Å². The number of amides is 1. The molecule has 0 saturated heterocycles. The van der Waals surface area contributed by atoms with Crippen LogP contribution in [0.3, 0.4) is 0 Å². The fourth-order valence-corrected chi connectivity index (χ4v) is 3.14. The third-order valence-corrected chi connectivity index (χ3v) is 5.08. The maximum Gasteiger partial charge on any atom is 0.266 e. The van der Waals surface area contributed by atoms with Gasteiger partial charge in [-0.25, -0.2) is 13.6 Å². The number of methoxy groups -OCH3 is 1. The minimum absolute atomic E-state index is 0.0842. The number of hydrogen-bond donors (Lipinski definition) is 3. The molecule has 10 heteroatoms. The van der Waals surface area contributed by atoms with Gasteiger partial charge in [0.25, 0.3) is 5.91 Å². The highest BCUT2D eigenvalue weighted by molar-refractivity contribution is 7.89. The summed E-state index contributed by atoms with van der Waals surface area (Å²) < 4.78 is 27.8. The first-order valence-corrected chi connectivity index (χ1v) is 10.1. The Labute approximate surface area is 172 Å². The Kier molecular flexibility index (Phi) is 5.96. The number of primary sulfonamides is 1. The van der Waals surface area contributed by atoms with Crippen LogP contribution < -0.4 is 15.2 Å². The van der Waals surface area contributed by atoms with E-state index in [1.807, 2.05) is 18.2 Å². The molecule has 0 bridgehead atoms. The largest absolute Gasteiger partial charge is 0.497 e. The first-order valence-electron chi connectivity index (χ1n) is 8.55. The summed E-state index contributed by atoms with van der Waals surface area (Å²) in [6, 6.07) is 14.4. The molecule has 0 aliphatic carbocycles. The van der Waals surface area contributed by atoms with E-state index in [0.29, 0.717) is 22.7 Å². The number of aromatic amines is 1. The van der Waals surface area contributed by atoms with Crippen molar-refractivity contribution in [2.24, 2.45) is 5.14 Å². The van der Waals surface area contributed by atoms with Crippen molar-refractivity contribution in [1.82, 2.24) is 10.2 Å². The van der Waals surface area contributed by atoms with Crippen molar-refractivity contribution in [3.05, 3.63) is 65.9 Å². The van der Waals surface area contributed by atoms with E-state index in [9.17, 15) is 18.5 Å². The molecule has 3 aromatic rings. The topological polar surface area (TPSA) is 151 Å². The number of benzene rings is 2. The summed E-state index contributed by atoms with van der Waals surface area (Å²) in [5.74, 6) is 0.0450. The van der Waals surface area contributed by atoms with Gasteiger partial charge < -0.3 is 10.1 Å². The summed E-state index contributed by atoms with van der Waals surface area (Å²) in [5.41, 5.74) is 2.15. The summed E-state index contributed by atoms with van der Waals surface area (Å²) in [6.07, 6.45) is 2.92. The molecule has 0 aliphatic heterocycles. The number of nitrogens with one attached hydrogen (secondary N) is 2. The third kappa shape index (κ3) is 4.72. The Morgan fingerprint density at radius 3 is 2.43 bits per heavy atom. The first kappa shape index (κ1) is 20.8. The highest BCUT2D eigenvalue weighted by Crippen LogP contribution is 2.25. The molecule has 2 aromatic carbocycles. The van der Waals surface area contributed by atoms with E-state index in [-0.39, 0.29) is 10.5 Å². The minimum atomic E-state index is -3.83. The predicted molar refractivity (Wildman–Crippen MR) is 111 cm³/mol. The number of aromatic nitrogens is 2. The van der Waals surface area contributed by atoms with Gasteiger partial charge in [-0.15, -0.1) is 0 Å². The molecule has 4 N–H and O–H groups in total. The smallest absolute Gasteiger partial charge is 0.266 e. The van der Waals surface area contributed by atoms with Gasteiger partial charge in [-0.3, -0.25) is 9.89 Å². The van der Waals surface area contributed by atoms with Gasteiger partial charge in [0.05, 0.1) is 23.9 Å². The zero-order valence-electron chi connectivity index (χ0n) is 15.8. The van der Waals surface area contributed by atoms with Crippen LogP contribution in [0.5, 0.6) is 5.75 Å². The molecule has 0 spiro atoms. The van der Waals surface area contributed by atoms with E-state index >= 15 is 0 Å². The number of nitrogens with two attached hydrogens (primary N) is 1. The lowest BCUT2D eigenvalue weighted by atomic mass is 10.1. The fraction of sp³-hybridized carbons (Fsp3) is 0.0500. The lowest BCUT2D eigenvalue weighted by Gasteiger charge is -2.06. The molecule has 30 heavy (non-hydrogen) atoms. The lowest BCUT2D eigenvalue weighted by Crippen LogP contribution is -2.14. The zero-order valence-corrected chi connectivity index (χ0v) is 16.6. The molecular formula is C20H17N5O4S. The van der Waals surface area contributed by atoms with E-state index in [2.05, 4.69) is 15.5 Å². The molecule has 0 aliphatic rings. The van der Waals surface area contributed by atoms with E-state index in [1.165, 1.54) is 36.5 Å². The number of sulfonamides is 1. The van der Waals surface area contributed by atoms with Gasteiger partial charge in [-0.2, -0.15) is 10.4 Å². The molecule has 3 rings (SSSR count). The van der Waals surface area contributed by atoms with E-state index in [0.717, 1.165) is 5.56 Å². The van der Waals surface area contributed by atoms with Gasteiger partial charge in [0.15, 0.2) is 0 Å². The average Bonchev–Trinajstić information content (AvgIpc) is 3.20. The predicted octanol–water partition coefficient (Wildman–Crippen LogP) is 2.28.